The van der Waals surface area contributed by atoms with Gasteiger partial charge in [0.2, 0.25) is 5.91 Å². The molecule has 0 aliphatic heterocycles. The van der Waals surface area contributed by atoms with Crippen LogP contribution in [0.5, 0.6) is 0 Å². The van der Waals surface area contributed by atoms with Crippen LogP contribution >= 0.6 is 11.6 Å². The molecule has 1 aromatic carbocycles. The number of hydrogen-bond acceptors (Lipinski definition) is 3. The Morgan fingerprint density at radius 1 is 1.26 bits per heavy atom. The molecule has 0 aliphatic carbocycles. The van der Waals surface area contributed by atoms with Crippen LogP contribution in [-0.4, -0.2) is 35.2 Å². The number of rotatable bonds is 7. The van der Waals surface area contributed by atoms with Crippen molar-refractivity contribution in [2.75, 3.05) is 13.2 Å². The second-order valence-electron chi connectivity index (χ2n) is 4.14. The standard InChI is InChI=1S/C13H16ClNO4/c14-11-3-1-9(2-4-11)7-10(13(18)19)8-12(17)15-5-6-16/h1-4,10,16H,5-8H2,(H,15,17)(H,18,19). The molecule has 1 amide bonds. The molecular weight excluding hydrogens is 270 g/mol. The van der Waals surface area contributed by atoms with Gasteiger partial charge >= 0.3 is 5.97 Å². The smallest absolute Gasteiger partial charge is 0.307 e. The van der Waals surface area contributed by atoms with Gasteiger partial charge in [-0.15, -0.1) is 0 Å². The molecule has 0 bridgehead atoms. The van der Waals surface area contributed by atoms with Crippen molar-refractivity contribution >= 4 is 23.5 Å². The third-order valence-corrected chi connectivity index (χ3v) is 2.86. The highest BCUT2D eigenvalue weighted by Crippen LogP contribution is 2.16. The fourth-order valence-corrected chi connectivity index (χ4v) is 1.77. The number of halogens is 1. The highest BCUT2D eigenvalue weighted by molar-refractivity contribution is 6.30. The van der Waals surface area contributed by atoms with E-state index < -0.39 is 11.9 Å². The summed E-state index contributed by atoms with van der Waals surface area (Å²) in [6.45, 7) is -0.0349. The molecule has 0 radical (unpaired) electrons. The van der Waals surface area contributed by atoms with E-state index in [4.69, 9.17) is 21.8 Å². The Bertz CT molecular complexity index is 433. The van der Waals surface area contributed by atoms with Crippen LogP contribution in [0.1, 0.15) is 12.0 Å². The predicted molar refractivity (Wildman–Crippen MR) is 71.0 cm³/mol. The van der Waals surface area contributed by atoms with Gasteiger partial charge in [-0.2, -0.15) is 0 Å². The van der Waals surface area contributed by atoms with Gasteiger partial charge in [-0.3, -0.25) is 9.59 Å². The Hall–Kier alpha value is -1.59. The molecule has 1 unspecified atom stereocenters. The number of aliphatic hydroxyl groups is 1. The highest BCUT2D eigenvalue weighted by atomic mass is 35.5. The van der Waals surface area contributed by atoms with Crippen molar-refractivity contribution in [3.63, 3.8) is 0 Å². The quantitative estimate of drug-likeness (QED) is 0.700. The van der Waals surface area contributed by atoms with E-state index in [0.717, 1.165) is 5.56 Å². The maximum atomic E-state index is 11.5. The molecule has 1 rings (SSSR count). The zero-order valence-electron chi connectivity index (χ0n) is 10.3. The highest BCUT2D eigenvalue weighted by Gasteiger charge is 2.21. The van der Waals surface area contributed by atoms with Crippen molar-refractivity contribution in [2.45, 2.75) is 12.8 Å². The minimum absolute atomic E-state index is 0.113. The van der Waals surface area contributed by atoms with Crippen molar-refractivity contribution in [1.29, 1.82) is 0 Å². The molecular formula is C13H16ClNO4. The molecule has 0 aliphatic rings. The van der Waals surface area contributed by atoms with E-state index in [1.54, 1.807) is 24.3 Å². The van der Waals surface area contributed by atoms with Crippen molar-refractivity contribution in [3.8, 4) is 0 Å². The Kier molecular flexibility index (Phi) is 6.32. The Balaban J connectivity index is 2.60. The van der Waals surface area contributed by atoms with E-state index in [-0.39, 0.29) is 31.9 Å². The average Bonchev–Trinajstić information content (AvgIpc) is 2.38. The van der Waals surface area contributed by atoms with Gasteiger partial charge in [-0.05, 0) is 24.1 Å². The Labute approximate surface area is 116 Å². The maximum Gasteiger partial charge on any atom is 0.307 e. The molecule has 19 heavy (non-hydrogen) atoms. The number of aliphatic hydroxyl groups excluding tert-OH is 1. The number of benzene rings is 1. The minimum Gasteiger partial charge on any atom is -0.481 e. The van der Waals surface area contributed by atoms with Crippen LogP contribution in [0.4, 0.5) is 0 Å². The van der Waals surface area contributed by atoms with Crippen LogP contribution in [0, 0.1) is 5.92 Å². The average molecular weight is 286 g/mol. The van der Waals surface area contributed by atoms with Gasteiger partial charge in [0.15, 0.2) is 0 Å². The minimum atomic E-state index is -1.02. The third kappa shape index (κ3) is 5.72. The second kappa shape index (κ2) is 7.76. The van der Waals surface area contributed by atoms with E-state index in [1.807, 2.05) is 0 Å². The second-order valence-corrected chi connectivity index (χ2v) is 4.58. The zero-order chi connectivity index (χ0) is 14.3. The molecule has 1 atom stereocenters. The molecule has 104 valence electrons. The van der Waals surface area contributed by atoms with E-state index in [0.29, 0.717) is 5.02 Å². The summed E-state index contributed by atoms with van der Waals surface area (Å²) >= 11 is 5.75. The molecule has 6 heteroatoms. The lowest BCUT2D eigenvalue weighted by atomic mass is 9.96. The monoisotopic (exact) mass is 285 g/mol. The van der Waals surface area contributed by atoms with Gasteiger partial charge in [0.25, 0.3) is 0 Å². The largest absolute Gasteiger partial charge is 0.481 e. The summed E-state index contributed by atoms with van der Waals surface area (Å²) in [5, 5.41) is 20.7. The van der Waals surface area contributed by atoms with Gasteiger partial charge < -0.3 is 15.5 Å². The molecule has 1 aromatic rings. The molecule has 0 spiro atoms. The lowest BCUT2D eigenvalue weighted by Crippen LogP contribution is -2.31. The molecule has 0 fully saturated rings. The third-order valence-electron chi connectivity index (χ3n) is 2.61. The summed E-state index contributed by atoms with van der Waals surface area (Å²) in [5.41, 5.74) is 0.812. The topological polar surface area (TPSA) is 86.6 Å². The first-order valence-corrected chi connectivity index (χ1v) is 6.25. The fraction of sp³-hybridized carbons (Fsp3) is 0.385. The number of carbonyl (C=O) groups is 2. The summed E-state index contributed by atoms with van der Waals surface area (Å²) in [6.07, 6.45) is 0.150. The summed E-state index contributed by atoms with van der Waals surface area (Å²) < 4.78 is 0. The molecule has 3 N–H and O–H groups in total. The zero-order valence-corrected chi connectivity index (χ0v) is 11.1. The lowest BCUT2D eigenvalue weighted by Gasteiger charge is -2.12. The van der Waals surface area contributed by atoms with Crippen LogP contribution in [0.2, 0.25) is 5.02 Å². The lowest BCUT2D eigenvalue weighted by molar-refractivity contribution is -0.144. The van der Waals surface area contributed by atoms with E-state index >= 15 is 0 Å². The van der Waals surface area contributed by atoms with E-state index in [1.165, 1.54) is 0 Å². The maximum absolute atomic E-state index is 11.5. The van der Waals surface area contributed by atoms with Crippen LogP contribution in [-0.2, 0) is 16.0 Å². The number of amides is 1. The number of carboxylic acid groups (broad SMARTS) is 1. The first kappa shape index (κ1) is 15.5. The summed E-state index contributed by atoms with van der Waals surface area (Å²) in [6, 6.07) is 6.84. The van der Waals surface area contributed by atoms with Crippen LogP contribution < -0.4 is 5.32 Å². The Morgan fingerprint density at radius 2 is 1.89 bits per heavy atom. The van der Waals surface area contributed by atoms with E-state index in [9.17, 15) is 9.59 Å². The van der Waals surface area contributed by atoms with Gasteiger partial charge in [-0.25, -0.2) is 0 Å². The number of carbonyl (C=O) groups excluding carboxylic acids is 1. The molecule has 0 aromatic heterocycles. The molecule has 5 nitrogen and oxygen atoms in total. The summed E-state index contributed by atoms with van der Waals surface area (Å²) in [7, 11) is 0. The van der Waals surface area contributed by atoms with Crippen molar-refractivity contribution in [1.82, 2.24) is 5.32 Å². The Morgan fingerprint density at radius 3 is 2.42 bits per heavy atom. The molecule has 0 heterocycles. The van der Waals surface area contributed by atoms with Crippen LogP contribution in [0.3, 0.4) is 0 Å². The van der Waals surface area contributed by atoms with Gasteiger partial charge in [0.1, 0.15) is 0 Å². The van der Waals surface area contributed by atoms with Gasteiger partial charge in [0, 0.05) is 18.0 Å². The van der Waals surface area contributed by atoms with Crippen LogP contribution in [0.25, 0.3) is 0 Å². The summed E-state index contributed by atoms with van der Waals surface area (Å²) in [5.74, 6) is -2.19. The fourth-order valence-electron chi connectivity index (χ4n) is 1.64. The molecule has 0 saturated carbocycles. The number of aliphatic carboxylic acids is 1. The normalized spacial score (nSPS) is 11.9. The van der Waals surface area contributed by atoms with Crippen molar-refractivity contribution < 1.29 is 19.8 Å². The first-order valence-electron chi connectivity index (χ1n) is 5.87. The SMILES string of the molecule is O=C(CC(Cc1ccc(Cl)cc1)C(=O)O)NCCO. The number of nitrogens with one attached hydrogen (secondary N) is 1. The predicted octanol–water partition coefficient (Wildman–Crippen LogP) is 1.08. The van der Waals surface area contributed by atoms with Gasteiger partial charge in [-0.1, -0.05) is 23.7 Å². The first-order chi connectivity index (χ1) is 9.02. The van der Waals surface area contributed by atoms with Crippen molar-refractivity contribution in [2.24, 2.45) is 5.92 Å². The number of carboxylic acids is 1. The molecule has 0 saturated heterocycles. The van der Waals surface area contributed by atoms with E-state index in [2.05, 4.69) is 5.32 Å². The van der Waals surface area contributed by atoms with Crippen LogP contribution in [0.15, 0.2) is 24.3 Å². The summed E-state index contributed by atoms with van der Waals surface area (Å²) in [4.78, 5) is 22.6. The van der Waals surface area contributed by atoms with Crippen molar-refractivity contribution in [3.05, 3.63) is 34.9 Å². The van der Waals surface area contributed by atoms with Gasteiger partial charge in [0.05, 0.1) is 12.5 Å². The number of hydrogen-bond donors (Lipinski definition) is 3.